The molecule has 2 rings (SSSR count). The number of ether oxygens (including phenoxy) is 3. The summed E-state index contributed by atoms with van der Waals surface area (Å²) in [4.78, 5) is 22.9. The van der Waals surface area contributed by atoms with E-state index in [0.29, 0.717) is 23.7 Å². The van der Waals surface area contributed by atoms with Crippen LogP contribution in [0.3, 0.4) is 0 Å². The van der Waals surface area contributed by atoms with Gasteiger partial charge in [-0.2, -0.15) is 0 Å². The Labute approximate surface area is 173 Å². The van der Waals surface area contributed by atoms with Gasteiger partial charge in [0.25, 0.3) is 0 Å². The number of hydrogen-bond acceptors (Lipinski definition) is 5. The van der Waals surface area contributed by atoms with Crippen LogP contribution in [0.5, 0.6) is 11.5 Å². The molecule has 0 heterocycles. The van der Waals surface area contributed by atoms with Gasteiger partial charge in [0, 0.05) is 16.1 Å². The van der Waals surface area contributed by atoms with Crippen molar-refractivity contribution in [1.82, 2.24) is 5.32 Å². The van der Waals surface area contributed by atoms with Crippen LogP contribution in [-0.2, 0) is 11.3 Å². The lowest BCUT2D eigenvalue weighted by Crippen LogP contribution is -2.34. The van der Waals surface area contributed by atoms with Gasteiger partial charge in [0.15, 0.2) is 6.29 Å². The third kappa shape index (κ3) is 7.23. The molecule has 0 atom stereocenters. The number of aldehydes is 1. The lowest BCUT2D eigenvalue weighted by atomic mass is 10.2. The van der Waals surface area contributed by atoms with Crippen molar-refractivity contribution in [3.63, 3.8) is 0 Å². The Morgan fingerprint density at radius 2 is 1.89 bits per heavy atom. The first-order valence-corrected chi connectivity index (χ1v) is 9.63. The predicted molar refractivity (Wildman–Crippen MR) is 110 cm³/mol. The highest BCUT2D eigenvalue weighted by Crippen LogP contribution is 2.26. The van der Waals surface area contributed by atoms with Crippen molar-refractivity contribution in [3.8, 4) is 11.5 Å². The highest BCUT2D eigenvalue weighted by molar-refractivity contribution is 9.10. The number of carbonyl (C=O) groups excluding carboxylic acids is 2. The summed E-state index contributed by atoms with van der Waals surface area (Å²) in [7, 11) is 0. The summed E-state index contributed by atoms with van der Waals surface area (Å²) in [6.07, 6.45) is 0.244. The van der Waals surface area contributed by atoms with Gasteiger partial charge in [-0.05, 0) is 39.0 Å². The summed E-state index contributed by atoms with van der Waals surface area (Å²) in [5.74, 6) is 0.974. The Balaban J connectivity index is 1.90. The fraction of sp³-hybridized carbons (Fsp3) is 0.333. The van der Waals surface area contributed by atoms with E-state index in [1.807, 2.05) is 24.3 Å². The molecule has 6 nitrogen and oxygen atoms in total. The zero-order valence-electron chi connectivity index (χ0n) is 16.2. The molecule has 0 radical (unpaired) electrons. The van der Waals surface area contributed by atoms with Crippen LogP contribution in [0, 0.1) is 0 Å². The summed E-state index contributed by atoms with van der Waals surface area (Å²) in [5.41, 5.74) is 0.855. The zero-order chi connectivity index (χ0) is 20.6. The molecule has 1 amide bonds. The van der Waals surface area contributed by atoms with Gasteiger partial charge in [-0.15, -0.1) is 0 Å². The quantitative estimate of drug-likeness (QED) is 0.465. The summed E-state index contributed by atoms with van der Waals surface area (Å²) < 4.78 is 17.5. The first kappa shape index (κ1) is 21.8. The van der Waals surface area contributed by atoms with Gasteiger partial charge in [-0.1, -0.05) is 34.1 Å². The summed E-state index contributed by atoms with van der Waals surface area (Å²) in [6.45, 7) is 6.25. The van der Waals surface area contributed by atoms with E-state index in [-0.39, 0.29) is 13.2 Å². The molecular formula is C21H24BrNO5. The fourth-order valence-corrected chi connectivity index (χ4v) is 2.63. The number of halogens is 1. The van der Waals surface area contributed by atoms with Crippen LogP contribution in [0.1, 0.15) is 36.7 Å². The van der Waals surface area contributed by atoms with E-state index in [9.17, 15) is 9.59 Å². The van der Waals surface area contributed by atoms with Crippen LogP contribution in [0.4, 0.5) is 4.79 Å². The van der Waals surface area contributed by atoms with E-state index in [2.05, 4.69) is 21.2 Å². The number of nitrogens with one attached hydrogen (secondary N) is 1. The maximum atomic E-state index is 11.6. The molecule has 7 heteroatoms. The minimum atomic E-state index is -0.546. The van der Waals surface area contributed by atoms with E-state index in [1.54, 1.807) is 39.0 Å². The van der Waals surface area contributed by atoms with Crippen molar-refractivity contribution >= 4 is 28.3 Å². The Morgan fingerprint density at radius 3 is 2.57 bits per heavy atom. The molecule has 0 fully saturated rings. The van der Waals surface area contributed by atoms with Crippen molar-refractivity contribution in [2.75, 3.05) is 13.2 Å². The number of carbonyl (C=O) groups is 2. The normalized spacial score (nSPS) is 10.9. The van der Waals surface area contributed by atoms with Crippen molar-refractivity contribution in [3.05, 3.63) is 58.1 Å². The predicted octanol–water partition coefficient (Wildman–Crippen LogP) is 4.74. The second-order valence-electron chi connectivity index (χ2n) is 6.97. The molecule has 150 valence electrons. The van der Waals surface area contributed by atoms with Gasteiger partial charge in [0.2, 0.25) is 0 Å². The SMILES string of the molecule is CC(C)(C)OC(=O)NCCOc1ccc(C=O)c(OCc2ccccc2Br)c1. The number of rotatable bonds is 8. The smallest absolute Gasteiger partial charge is 0.407 e. The van der Waals surface area contributed by atoms with E-state index < -0.39 is 11.7 Å². The Hall–Kier alpha value is -2.54. The average molecular weight is 450 g/mol. The van der Waals surface area contributed by atoms with E-state index in [4.69, 9.17) is 14.2 Å². The van der Waals surface area contributed by atoms with Gasteiger partial charge in [-0.25, -0.2) is 4.79 Å². The van der Waals surface area contributed by atoms with Gasteiger partial charge >= 0.3 is 6.09 Å². The molecule has 2 aromatic rings. The largest absolute Gasteiger partial charge is 0.492 e. The summed E-state index contributed by atoms with van der Waals surface area (Å²) >= 11 is 3.47. The monoisotopic (exact) mass is 449 g/mol. The summed E-state index contributed by atoms with van der Waals surface area (Å²) in [5, 5.41) is 2.62. The molecule has 0 aliphatic rings. The molecule has 0 aromatic heterocycles. The number of benzene rings is 2. The van der Waals surface area contributed by atoms with Crippen LogP contribution >= 0.6 is 15.9 Å². The molecule has 0 bridgehead atoms. The standard InChI is InChI=1S/C21H24BrNO5/c1-21(2,3)28-20(25)23-10-11-26-17-9-8-15(13-24)19(12-17)27-14-16-6-4-5-7-18(16)22/h4-9,12-13H,10-11,14H2,1-3H3,(H,23,25). The van der Waals surface area contributed by atoms with Crippen molar-refractivity contribution in [1.29, 1.82) is 0 Å². The maximum absolute atomic E-state index is 11.6. The van der Waals surface area contributed by atoms with Crippen LogP contribution in [0.25, 0.3) is 0 Å². The van der Waals surface area contributed by atoms with E-state index in [1.165, 1.54) is 0 Å². The molecule has 0 saturated heterocycles. The first-order chi connectivity index (χ1) is 13.3. The average Bonchev–Trinajstić information content (AvgIpc) is 2.63. The Morgan fingerprint density at radius 1 is 1.14 bits per heavy atom. The Bertz CT molecular complexity index is 817. The molecule has 0 saturated carbocycles. The van der Waals surface area contributed by atoms with Crippen LogP contribution in [0.15, 0.2) is 46.9 Å². The number of alkyl carbamates (subject to hydrolysis) is 1. The first-order valence-electron chi connectivity index (χ1n) is 8.83. The lowest BCUT2D eigenvalue weighted by Gasteiger charge is -2.19. The molecule has 0 spiro atoms. The van der Waals surface area contributed by atoms with Crippen LogP contribution in [0.2, 0.25) is 0 Å². The lowest BCUT2D eigenvalue weighted by molar-refractivity contribution is 0.0520. The van der Waals surface area contributed by atoms with Crippen molar-refractivity contribution < 1.29 is 23.8 Å². The van der Waals surface area contributed by atoms with Crippen molar-refractivity contribution in [2.45, 2.75) is 33.0 Å². The maximum Gasteiger partial charge on any atom is 0.407 e. The summed E-state index contributed by atoms with van der Waals surface area (Å²) in [6, 6.07) is 12.7. The van der Waals surface area contributed by atoms with Gasteiger partial charge in [-0.3, -0.25) is 4.79 Å². The minimum absolute atomic E-state index is 0.253. The fourth-order valence-electron chi connectivity index (χ4n) is 2.23. The topological polar surface area (TPSA) is 73.9 Å². The molecule has 0 aliphatic carbocycles. The van der Waals surface area contributed by atoms with E-state index >= 15 is 0 Å². The van der Waals surface area contributed by atoms with E-state index in [0.717, 1.165) is 16.3 Å². The van der Waals surface area contributed by atoms with Gasteiger partial charge < -0.3 is 19.5 Å². The number of amides is 1. The third-order valence-electron chi connectivity index (χ3n) is 3.49. The second kappa shape index (κ2) is 10.1. The molecular weight excluding hydrogens is 426 g/mol. The number of hydrogen-bond donors (Lipinski definition) is 1. The highest BCUT2D eigenvalue weighted by atomic mass is 79.9. The minimum Gasteiger partial charge on any atom is -0.492 e. The second-order valence-corrected chi connectivity index (χ2v) is 7.83. The molecule has 0 unspecified atom stereocenters. The molecule has 1 N–H and O–H groups in total. The van der Waals surface area contributed by atoms with Crippen molar-refractivity contribution in [2.24, 2.45) is 0 Å². The van der Waals surface area contributed by atoms with Crippen LogP contribution in [-0.4, -0.2) is 31.1 Å². The van der Waals surface area contributed by atoms with Gasteiger partial charge in [0.1, 0.15) is 30.3 Å². The van der Waals surface area contributed by atoms with Crippen LogP contribution < -0.4 is 14.8 Å². The van der Waals surface area contributed by atoms with Gasteiger partial charge in [0.05, 0.1) is 12.1 Å². The zero-order valence-corrected chi connectivity index (χ0v) is 17.7. The highest BCUT2D eigenvalue weighted by Gasteiger charge is 2.15. The molecule has 28 heavy (non-hydrogen) atoms. The molecule has 2 aromatic carbocycles. The third-order valence-corrected chi connectivity index (χ3v) is 4.27. The Kier molecular flexibility index (Phi) is 7.87. The molecule has 0 aliphatic heterocycles.